The third-order valence-corrected chi connectivity index (χ3v) is 3.17. The summed E-state index contributed by atoms with van der Waals surface area (Å²) in [5.74, 6) is -3.07. The fourth-order valence-electron chi connectivity index (χ4n) is 1.43. The van der Waals surface area contributed by atoms with E-state index in [2.05, 4.69) is 5.32 Å². The van der Waals surface area contributed by atoms with E-state index in [1.54, 1.807) is 6.92 Å². The van der Waals surface area contributed by atoms with Crippen LogP contribution in [0.15, 0.2) is 0 Å². The second kappa shape index (κ2) is 9.27. The van der Waals surface area contributed by atoms with Gasteiger partial charge in [0.05, 0.1) is 19.3 Å². The first kappa shape index (κ1) is 19.3. The summed E-state index contributed by atoms with van der Waals surface area (Å²) in [7, 11) is 0. The molecule has 0 rings (SSSR count). The third-order valence-electron chi connectivity index (χ3n) is 3.17. The molecule has 2 amide bonds. The van der Waals surface area contributed by atoms with Crippen LogP contribution in [0.4, 0.5) is 0 Å². The molecule has 0 saturated carbocycles. The van der Waals surface area contributed by atoms with Crippen LogP contribution < -0.4 is 16.4 Å². The van der Waals surface area contributed by atoms with Crippen molar-refractivity contribution in [2.75, 3.05) is 13.2 Å². The molecule has 7 N–H and O–H groups in total. The lowest BCUT2D eigenvalue weighted by molar-refractivity contribution is -0.143. The van der Waals surface area contributed by atoms with Crippen LogP contribution in [0.2, 0.25) is 0 Å². The number of nitrogens with two attached hydrogens (primary N) is 1. The van der Waals surface area contributed by atoms with Gasteiger partial charge in [0.15, 0.2) is 0 Å². The minimum absolute atomic E-state index is 0.114. The minimum Gasteiger partial charge on any atom is -0.480 e. The van der Waals surface area contributed by atoms with Crippen LogP contribution in [0.5, 0.6) is 0 Å². The molecule has 9 heteroatoms. The zero-order valence-electron chi connectivity index (χ0n) is 12.1. The number of carbonyl (C=O) groups excluding carboxylic acids is 2. The SMILES string of the molecule is CCC(C)C(N)C(=O)NC(CO)C(=O)NC(CO)C(=O)O. The molecular weight excluding hydrogens is 282 g/mol. The van der Waals surface area contributed by atoms with E-state index in [1.165, 1.54) is 0 Å². The Balaban J connectivity index is 4.67. The lowest BCUT2D eigenvalue weighted by Gasteiger charge is -2.22. The van der Waals surface area contributed by atoms with E-state index in [9.17, 15) is 14.4 Å². The second-order valence-corrected chi connectivity index (χ2v) is 4.74. The lowest BCUT2D eigenvalue weighted by Crippen LogP contribution is -2.57. The summed E-state index contributed by atoms with van der Waals surface area (Å²) in [5, 5.41) is 30.9. The lowest BCUT2D eigenvalue weighted by atomic mass is 9.99. The van der Waals surface area contributed by atoms with Crippen molar-refractivity contribution in [1.82, 2.24) is 10.6 Å². The van der Waals surface area contributed by atoms with Crippen LogP contribution in [-0.2, 0) is 14.4 Å². The molecule has 0 aliphatic heterocycles. The highest BCUT2D eigenvalue weighted by molar-refractivity contribution is 5.91. The topological polar surface area (TPSA) is 162 Å². The standard InChI is InChI=1S/C12H23N3O6/c1-3-6(2)9(13)11(19)14-7(4-16)10(18)15-8(5-17)12(20)21/h6-9,16-17H,3-5,13H2,1-2H3,(H,14,19)(H,15,18)(H,20,21). The molecule has 122 valence electrons. The largest absolute Gasteiger partial charge is 0.480 e. The smallest absolute Gasteiger partial charge is 0.328 e. The van der Waals surface area contributed by atoms with Gasteiger partial charge in [0.2, 0.25) is 11.8 Å². The van der Waals surface area contributed by atoms with Gasteiger partial charge in [-0.25, -0.2) is 4.79 Å². The van der Waals surface area contributed by atoms with Gasteiger partial charge in [0, 0.05) is 0 Å². The number of aliphatic hydroxyl groups is 2. The Morgan fingerprint density at radius 3 is 1.90 bits per heavy atom. The average molecular weight is 305 g/mol. The molecule has 21 heavy (non-hydrogen) atoms. The number of hydrogen-bond donors (Lipinski definition) is 6. The average Bonchev–Trinajstić information content (AvgIpc) is 2.47. The number of aliphatic carboxylic acids is 1. The van der Waals surface area contributed by atoms with E-state index in [4.69, 9.17) is 21.1 Å². The van der Waals surface area contributed by atoms with Crippen LogP contribution in [0.25, 0.3) is 0 Å². The number of amides is 2. The number of carboxylic acids is 1. The maximum absolute atomic E-state index is 11.8. The highest BCUT2D eigenvalue weighted by Crippen LogP contribution is 2.05. The normalized spacial score (nSPS) is 16.4. The van der Waals surface area contributed by atoms with Gasteiger partial charge in [-0.15, -0.1) is 0 Å². The Morgan fingerprint density at radius 2 is 1.52 bits per heavy atom. The van der Waals surface area contributed by atoms with Gasteiger partial charge in [-0.3, -0.25) is 9.59 Å². The van der Waals surface area contributed by atoms with Crippen LogP contribution in [-0.4, -0.2) is 64.4 Å². The fourth-order valence-corrected chi connectivity index (χ4v) is 1.43. The van der Waals surface area contributed by atoms with Crippen molar-refractivity contribution in [3.63, 3.8) is 0 Å². The van der Waals surface area contributed by atoms with Crippen molar-refractivity contribution in [1.29, 1.82) is 0 Å². The van der Waals surface area contributed by atoms with Gasteiger partial charge < -0.3 is 31.7 Å². The maximum Gasteiger partial charge on any atom is 0.328 e. The Labute approximate surface area is 122 Å². The van der Waals surface area contributed by atoms with Gasteiger partial charge >= 0.3 is 5.97 Å². The molecule has 0 aliphatic carbocycles. The molecule has 0 bridgehead atoms. The predicted octanol–water partition coefficient (Wildman–Crippen LogP) is -2.60. The van der Waals surface area contributed by atoms with Crippen LogP contribution in [0.1, 0.15) is 20.3 Å². The van der Waals surface area contributed by atoms with Gasteiger partial charge in [-0.05, 0) is 5.92 Å². The third kappa shape index (κ3) is 6.06. The van der Waals surface area contributed by atoms with Crippen LogP contribution >= 0.6 is 0 Å². The molecule has 0 spiro atoms. The van der Waals surface area contributed by atoms with E-state index >= 15 is 0 Å². The summed E-state index contributed by atoms with van der Waals surface area (Å²) >= 11 is 0. The van der Waals surface area contributed by atoms with Gasteiger partial charge in [0.25, 0.3) is 0 Å². The summed E-state index contributed by atoms with van der Waals surface area (Å²) in [6.45, 7) is 2.10. The summed E-state index contributed by atoms with van der Waals surface area (Å²) < 4.78 is 0. The molecule has 4 atom stereocenters. The highest BCUT2D eigenvalue weighted by atomic mass is 16.4. The van der Waals surface area contributed by atoms with Gasteiger partial charge in [0.1, 0.15) is 12.1 Å². The number of nitrogens with one attached hydrogen (secondary N) is 2. The number of hydrogen-bond acceptors (Lipinski definition) is 6. The monoisotopic (exact) mass is 305 g/mol. The van der Waals surface area contributed by atoms with Crippen molar-refractivity contribution >= 4 is 17.8 Å². The molecule has 0 aromatic rings. The Bertz CT molecular complexity index is 376. The Morgan fingerprint density at radius 1 is 1.05 bits per heavy atom. The molecule has 0 saturated heterocycles. The first-order chi connectivity index (χ1) is 9.78. The zero-order valence-corrected chi connectivity index (χ0v) is 12.1. The number of rotatable bonds is 9. The molecule has 0 aliphatic rings. The molecule has 0 fully saturated rings. The summed E-state index contributed by atoms with van der Waals surface area (Å²) in [6.07, 6.45) is 0.663. The summed E-state index contributed by atoms with van der Waals surface area (Å²) in [4.78, 5) is 34.2. The van der Waals surface area contributed by atoms with Crippen molar-refractivity contribution in [2.45, 2.75) is 38.4 Å². The minimum atomic E-state index is -1.51. The summed E-state index contributed by atoms with van der Waals surface area (Å²) in [6, 6.07) is -3.68. The molecular formula is C12H23N3O6. The molecule has 9 nitrogen and oxygen atoms in total. The molecule has 4 unspecified atom stereocenters. The Hall–Kier alpha value is -1.71. The second-order valence-electron chi connectivity index (χ2n) is 4.74. The van der Waals surface area contributed by atoms with Crippen molar-refractivity contribution < 1.29 is 29.7 Å². The van der Waals surface area contributed by atoms with Crippen molar-refractivity contribution in [3.8, 4) is 0 Å². The number of carboxylic acid groups (broad SMARTS) is 1. The fraction of sp³-hybridized carbons (Fsp3) is 0.750. The zero-order chi connectivity index (χ0) is 16.6. The van der Waals surface area contributed by atoms with Crippen molar-refractivity contribution in [3.05, 3.63) is 0 Å². The van der Waals surface area contributed by atoms with E-state index < -0.39 is 49.1 Å². The first-order valence-electron chi connectivity index (χ1n) is 6.59. The summed E-state index contributed by atoms with van der Waals surface area (Å²) in [5.41, 5.74) is 5.69. The Kier molecular flexibility index (Phi) is 8.51. The maximum atomic E-state index is 11.8. The van der Waals surface area contributed by atoms with Crippen LogP contribution in [0, 0.1) is 5.92 Å². The van der Waals surface area contributed by atoms with Crippen molar-refractivity contribution in [2.24, 2.45) is 11.7 Å². The quantitative estimate of drug-likeness (QED) is 0.272. The van der Waals surface area contributed by atoms with Gasteiger partial charge in [-0.2, -0.15) is 0 Å². The van der Waals surface area contributed by atoms with E-state index in [1.807, 2.05) is 12.2 Å². The van der Waals surface area contributed by atoms with E-state index in [0.29, 0.717) is 6.42 Å². The highest BCUT2D eigenvalue weighted by Gasteiger charge is 2.28. The number of aliphatic hydroxyl groups excluding tert-OH is 2. The molecule has 0 radical (unpaired) electrons. The van der Waals surface area contributed by atoms with Crippen LogP contribution in [0.3, 0.4) is 0 Å². The van der Waals surface area contributed by atoms with Gasteiger partial charge in [-0.1, -0.05) is 20.3 Å². The number of carbonyl (C=O) groups is 3. The molecule has 0 aromatic heterocycles. The predicted molar refractivity (Wildman–Crippen MR) is 73.1 cm³/mol. The van der Waals surface area contributed by atoms with E-state index in [0.717, 1.165) is 0 Å². The van der Waals surface area contributed by atoms with E-state index in [-0.39, 0.29) is 5.92 Å². The molecule has 0 heterocycles. The molecule has 0 aromatic carbocycles. The first-order valence-corrected chi connectivity index (χ1v) is 6.59.